The fourth-order valence-corrected chi connectivity index (χ4v) is 3.43. The first-order valence-electron chi connectivity index (χ1n) is 6.86. The number of nitrogens with one attached hydrogen (secondary N) is 1. The quantitative estimate of drug-likeness (QED) is 0.939. The minimum Gasteiger partial charge on any atom is -0.348 e. The van der Waals surface area contributed by atoms with Crippen molar-refractivity contribution in [2.45, 2.75) is 31.6 Å². The molecule has 2 aromatic rings. The Morgan fingerprint density at radius 3 is 3.15 bits per heavy atom. The first-order valence-corrected chi connectivity index (χ1v) is 7.74. The molecule has 1 aliphatic carbocycles. The summed E-state index contributed by atoms with van der Waals surface area (Å²) in [5, 5.41) is 2.07. The van der Waals surface area contributed by atoms with Crippen molar-refractivity contribution < 1.29 is 4.79 Å². The molecule has 0 saturated heterocycles. The van der Waals surface area contributed by atoms with Crippen molar-refractivity contribution in [2.24, 2.45) is 4.99 Å². The number of rotatable bonds is 4. The Bertz CT molecular complexity index is 587. The van der Waals surface area contributed by atoms with Gasteiger partial charge in [-0.15, -0.1) is 11.3 Å². The van der Waals surface area contributed by atoms with Gasteiger partial charge in [0, 0.05) is 54.2 Å². The summed E-state index contributed by atoms with van der Waals surface area (Å²) in [5.74, 6) is 0.650. The molecule has 3 rings (SSSR count). The van der Waals surface area contributed by atoms with Crippen LogP contribution in [0.3, 0.4) is 0 Å². The summed E-state index contributed by atoms with van der Waals surface area (Å²) < 4.78 is 0. The second-order valence-corrected chi connectivity index (χ2v) is 6.09. The van der Waals surface area contributed by atoms with Gasteiger partial charge in [0.15, 0.2) is 0 Å². The fraction of sp³-hybridized carbons (Fsp3) is 0.400. The van der Waals surface area contributed by atoms with Crippen LogP contribution in [-0.4, -0.2) is 28.0 Å². The summed E-state index contributed by atoms with van der Waals surface area (Å²) in [6, 6.07) is 4.17. The smallest absolute Gasteiger partial charge is 0.139 e. The Balaban J connectivity index is 1.62. The van der Waals surface area contributed by atoms with Crippen molar-refractivity contribution in [3.8, 4) is 0 Å². The Hall–Kier alpha value is -1.75. The molecule has 1 saturated carbocycles. The minimum absolute atomic E-state index is 0.315. The number of aliphatic imine (C=N–C) groups is 1. The zero-order valence-corrected chi connectivity index (χ0v) is 12.0. The number of ketones is 1. The topological polar surface area (TPSA) is 58.1 Å². The highest BCUT2D eigenvalue weighted by molar-refractivity contribution is 7.10. The molecule has 0 radical (unpaired) electrons. The van der Waals surface area contributed by atoms with Gasteiger partial charge in [0.2, 0.25) is 0 Å². The lowest BCUT2D eigenvalue weighted by molar-refractivity contribution is -0.118. The minimum atomic E-state index is 0.315. The zero-order valence-electron chi connectivity index (χ0n) is 11.2. The molecule has 0 bridgehead atoms. The Morgan fingerprint density at radius 2 is 2.40 bits per heavy atom. The first-order chi connectivity index (χ1) is 9.81. The van der Waals surface area contributed by atoms with E-state index in [9.17, 15) is 4.79 Å². The van der Waals surface area contributed by atoms with Crippen molar-refractivity contribution in [3.05, 3.63) is 40.6 Å². The van der Waals surface area contributed by atoms with Gasteiger partial charge in [0.25, 0.3) is 0 Å². The molecule has 1 aliphatic rings. The van der Waals surface area contributed by atoms with Crippen LogP contribution >= 0.6 is 11.3 Å². The van der Waals surface area contributed by atoms with Gasteiger partial charge in [0.1, 0.15) is 5.78 Å². The van der Waals surface area contributed by atoms with E-state index in [0.717, 1.165) is 30.8 Å². The number of hydrogen-bond acceptors (Lipinski definition) is 4. The Kier molecular flexibility index (Phi) is 4.06. The van der Waals surface area contributed by atoms with Crippen LogP contribution in [0, 0.1) is 0 Å². The zero-order chi connectivity index (χ0) is 13.8. The lowest BCUT2D eigenvalue weighted by Gasteiger charge is -2.21. The van der Waals surface area contributed by atoms with Gasteiger partial charge < -0.3 is 4.98 Å². The van der Waals surface area contributed by atoms with E-state index in [2.05, 4.69) is 26.4 Å². The molecular formula is C15H17N3OS. The Labute approximate surface area is 122 Å². The maximum absolute atomic E-state index is 11.9. The maximum Gasteiger partial charge on any atom is 0.139 e. The number of aromatic amines is 1. The summed E-state index contributed by atoms with van der Waals surface area (Å²) in [6.07, 6.45) is 6.47. The molecule has 0 spiro atoms. The first kappa shape index (κ1) is 13.2. The average Bonchev–Trinajstić information content (AvgIpc) is 3.11. The highest BCUT2D eigenvalue weighted by Crippen LogP contribution is 2.32. The standard InChI is InChI=1S/C15H17N3OS/c19-14-7-11(15-2-1-5-20-15)6-13(8-14)17-4-3-12-9-16-10-18-12/h1-2,5,9-11H,3-4,6-8H2,(H,16,18)/t11-/m0/s1. The summed E-state index contributed by atoms with van der Waals surface area (Å²) in [5.41, 5.74) is 2.14. The molecule has 1 atom stereocenters. The molecule has 4 nitrogen and oxygen atoms in total. The van der Waals surface area contributed by atoms with Crippen molar-refractivity contribution in [3.63, 3.8) is 0 Å². The Morgan fingerprint density at radius 1 is 1.45 bits per heavy atom. The van der Waals surface area contributed by atoms with Gasteiger partial charge in [0.05, 0.1) is 6.33 Å². The second kappa shape index (κ2) is 6.13. The number of nitrogens with zero attached hydrogens (tertiary/aromatic N) is 2. The number of carbonyl (C=O) groups is 1. The summed E-state index contributed by atoms with van der Waals surface area (Å²) in [4.78, 5) is 24.9. The van der Waals surface area contributed by atoms with E-state index in [4.69, 9.17) is 0 Å². The van der Waals surface area contributed by atoms with E-state index < -0.39 is 0 Å². The molecule has 20 heavy (non-hydrogen) atoms. The molecule has 0 aromatic carbocycles. The summed E-state index contributed by atoms with van der Waals surface area (Å²) >= 11 is 1.73. The molecule has 0 aliphatic heterocycles. The second-order valence-electron chi connectivity index (χ2n) is 5.11. The molecule has 2 heterocycles. The van der Waals surface area contributed by atoms with Gasteiger partial charge in [-0.3, -0.25) is 9.79 Å². The number of H-pyrrole nitrogens is 1. The number of carbonyl (C=O) groups excluding carboxylic acids is 1. The van der Waals surface area contributed by atoms with E-state index in [0.29, 0.717) is 24.5 Å². The van der Waals surface area contributed by atoms with Crippen molar-refractivity contribution >= 4 is 22.8 Å². The largest absolute Gasteiger partial charge is 0.348 e. The van der Waals surface area contributed by atoms with Crippen LogP contribution in [0.15, 0.2) is 35.0 Å². The van der Waals surface area contributed by atoms with E-state index in [1.807, 2.05) is 12.3 Å². The molecule has 0 amide bonds. The van der Waals surface area contributed by atoms with Crippen molar-refractivity contribution in [2.75, 3.05) is 6.54 Å². The van der Waals surface area contributed by atoms with Gasteiger partial charge in [-0.25, -0.2) is 4.98 Å². The van der Waals surface area contributed by atoms with Crippen LogP contribution < -0.4 is 0 Å². The number of hydrogen-bond donors (Lipinski definition) is 1. The normalized spacial score (nSPS) is 21.5. The molecule has 1 fully saturated rings. The third kappa shape index (κ3) is 3.22. The molecule has 0 unspecified atom stereocenters. The molecule has 5 heteroatoms. The summed E-state index contributed by atoms with van der Waals surface area (Å²) in [6.45, 7) is 0.724. The van der Waals surface area contributed by atoms with Crippen LogP contribution in [0.2, 0.25) is 0 Å². The lowest BCUT2D eigenvalue weighted by atomic mass is 9.86. The van der Waals surface area contributed by atoms with Gasteiger partial charge in [-0.2, -0.15) is 0 Å². The highest BCUT2D eigenvalue weighted by atomic mass is 32.1. The fourth-order valence-electron chi connectivity index (χ4n) is 2.60. The third-order valence-electron chi connectivity index (χ3n) is 3.57. The van der Waals surface area contributed by atoms with Crippen LogP contribution in [0.25, 0.3) is 0 Å². The number of imidazole rings is 1. The van der Waals surface area contributed by atoms with Gasteiger partial charge in [-0.1, -0.05) is 6.07 Å². The van der Waals surface area contributed by atoms with E-state index in [-0.39, 0.29) is 0 Å². The van der Waals surface area contributed by atoms with Crippen LogP contribution in [0.1, 0.15) is 35.8 Å². The van der Waals surface area contributed by atoms with E-state index in [1.165, 1.54) is 4.88 Å². The SMILES string of the molecule is O=C1CC(=NCCc2cnc[nH]2)C[C@H](c2cccs2)C1. The molecule has 104 valence electrons. The van der Waals surface area contributed by atoms with Crippen LogP contribution in [-0.2, 0) is 11.2 Å². The van der Waals surface area contributed by atoms with Crippen molar-refractivity contribution in [1.29, 1.82) is 0 Å². The summed E-state index contributed by atoms with van der Waals surface area (Å²) in [7, 11) is 0. The molecule has 1 N–H and O–H groups in total. The number of aromatic nitrogens is 2. The monoisotopic (exact) mass is 287 g/mol. The van der Waals surface area contributed by atoms with Crippen LogP contribution in [0.5, 0.6) is 0 Å². The molecular weight excluding hydrogens is 270 g/mol. The van der Waals surface area contributed by atoms with E-state index in [1.54, 1.807) is 17.7 Å². The van der Waals surface area contributed by atoms with Gasteiger partial charge in [-0.05, 0) is 17.9 Å². The third-order valence-corrected chi connectivity index (χ3v) is 4.61. The highest BCUT2D eigenvalue weighted by Gasteiger charge is 2.25. The lowest BCUT2D eigenvalue weighted by Crippen LogP contribution is -2.21. The number of thiophene rings is 1. The van der Waals surface area contributed by atoms with Crippen molar-refractivity contribution in [1.82, 2.24) is 9.97 Å². The average molecular weight is 287 g/mol. The molecule has 2 aromatic heterocycles. The predicted molar refractivity (Wildman–Crippen MR) is 80.5 cm³/mol. The predicted octanol–water partition coefficient (Wildman–Crippen LogP) is 2.99. The van der Waals surface area contributed by atoms with E-state index >= 15 is 0 Å². The van der Waals surface area contributed by atoms with Gasteiger partial charge >= 0.3 is 0 Å². The number of Topliss-reactive ketones (excluding diaryl/α,β-unsaturated/α-hetero) is 1. The van der Waals surface area contributed by atoms with Crippen LogP contribution in [0.4, 0.5) is 0 Å². The maximum atomic E-state index is 11.9.